The summed E-state index contributed by atoms with van der Waals surface area (Å²) in [7, 11) is 0. The van der Waals surface area contributed by atoms with E-state index >= 15 is 0 Å². The predicted octanol–water partition coefficient (Wildman–Crippen LogP) is 0.402. The minimum atomic E-state index is 0.468. The zero-order valence-electron chi connectivity index (χ0n) is 5.86. The molecule has 0 amide bonds. The fourth-order valence-electron chi connectivity index (χ4n) is 0.493. The van der Waals surface area contributed by atoms with Crippen molar-refractivity contribution in [3.05, 3.63) is 31.1 Å². The summed E-state index contributed by atoms with van der Waals surface area (Å²) in [4.78, 5) is 12.7. The SMILES string of the molecule is Nc1ncc[nH]1.c1c[nH]cn1. The highest BCUT2D eigenvalue weighted by Crippen LogP contribution is 1.81. The molecule has 11 heavy (non-hydrogen) atoms. The molecule has 0 atom stereocenters. The van der Waals surface area contributed by atoms with E-state index in [2.05, 4.69) is 19.9 Å². The predicted molar refractivity (Wildman–Crippen MR) is 41.6 cm³/mol. The van der Waals surface area contributed by atoms with Crippen LogP contribution in [0.1, 0.15) is 0 Å². The maximum Gasteiger partial charge on any atom is 0.197 e. The smallest absolute Gasteiger partial charge is 0.197 e. The number of aromatic nitrogens is 4. The molecule has 2 aromatic rings. The maximum atomic E-state index is 5.11. The zero-order chi connectivity index (χ0) is 7.94. The van der Waals surface area contributed by atoms with Crippen LogP contribution >= 0.6 is 0 Å². The van der Waals surface area contributed by atoms with Crippen molar-refractivity contribution in [3.8, 4) is 0 Å². The monoisotopic (exact) mass is 151 g/mol. The summed E-state index contributed by atoms with van der Waals surface area (Å²) < 4.78 is 0. The first-order valence-electron chi connectivity index (χ1n) is 3.07. The van der Waals surface area contributed by atoms with Gasteiger partial charge in [0, 0.05) is 24.8 Å². The Balaban J connectivity index is 0.000000112. The van der Waals surface area contributed by atoms with Crippen molar-refractivity contribution in [1.82, 2.24) is 19.9 Å². The number of H-pyrrole nitrogens is 2. The second-order valence-corrected chi connectivity index (χ2v) is 1.73. The van der Waals surface area contributed by atoms with Gasteiger partial charge in [-0.1, -0.05) is 0 Å². The molecule has 0 aromatic carbocycles. The van der Waals surface area contributed by atoms with Gasteiger partial charge >= 0.3 is 0 Å². The molecule has 2 aromatic heterocycles. The number of nitrogens with one attached hydrogen (secondary N) is 2. The quantitative estimate of drug-likeness (QED) is 0.509. The van der Waals surface area contributed by atoms with Gasteiger partial charge in [0.25, 0.3) is 0 Å². The molecule has 58 valence electrons. The molecule has 2 rings (SSSR count). The molecule has 0 aliphatic heterocycles. The van der Waals surface area contributed by atoms with E-state index in [1.165, 1.54) is 0 Å². The molecular formula is C6H9N5. The van der Waals surface area contributed by atoms with E-state index in [0.29, 0.717) is 5.95 Å². The van der Waals surface area contributed by atoms with E-state index in [9.17, 15) is 0 Å². The molecule has 0 saturated carbocycles. The highest BCUT2D eigenvalue weighted by atomic mass is 15.0. The number of imidazole rings is 2. The van der Waals surface area contributed by atoms with Crippen molar-refractivity contribution in [3.63, 3.8) is 0 Å². The second kappa shape index (κ2) is 4.10. The van der Waals surface area contributed by atoms with E-state index in [-0.39, 0.29) is 0 Å². The molecule has 0 unspecified atom stereocenters. The van der Waals surface area contributed by atoms with Crippen molar-refractivity contribution in [2.45, 2.75) is 0 Å². The number of nitrogens with zero attached hydrogens (tertiary/aromatic N) is 2. The largest absolute Gasteiger partial charge is 0.369 e. The molecule has 0 spiro atoms. The van der Waals surface area contributed by atoms with Gasteiger partial charge in [-0.05, 0) is 0 Å². The van der Waals surface area contributed by atoms with E-state index < -0.39 is 0 Å². The highest BCUT2D eigenvalue weighted by Gasteiger charge is 1.74. The van der Waals surface area contributed by atoms with Crippen LogP contribution in [0.15, 0.2) is 31.1 Å². The topological polar surface area (TPSA) is 83.4 Å². The number of nitrogen functional groups attached to an aromatic ring is 1. The van der Waals surface area contributed by atoms with Gasteiger partial charge in [-0.2, -0.15) is 0 Å². The zero-order valence-corrected chi connectivity index (χ0v) is 5.86. The third kappa shape index (κ3) is 3.04. The van der Waals surface area contributed by atoms with Gasteiger partial charge in [0.2, 0.25) is 0 Å². The lowest BCUT2D eigenvalue weighted by atomic mass is 11.0. The summed E-state index contributed by atoms with van der Waals surface area (Å²) in [5.74, 6) is 0.468. The lowest BCUT2D eigenvalue weighted by molar-refractivity contribution is 1.31. The van der Waals surface area contributed by atoms with Gasteiger partial charge in [0.05, 0.1) is 6.33 Å². The third-order valence-corrected chi connectivity index (χ3v) is 0.925. The number of nitrogens with two attached hydrogens (primary N) is 1. The van der Waals surface area contributed by atoms with Gasteiger partial charge in [0.1, 0.15) is 0 Å². The average Bonchev–Trinajstić information content (AvgIpc) is 2.57. The minimum Gasteiger partial charge on any atom is -0.369 e. The van der Waals surface area contributed by atoms with Crippen LogP contribution in [0, 0.1) is 0 Å². The fourth-order valence-corrected chi connectivity index (χ4v) is 0.493. The van der Waals surface area contributed by atoms with Gasteiger partial charge in [-0.3, -0.25) is 0 Å². The third-order valence-electron chi connectivity index (χ3n) is 0.925. The second-order valence-electron chi connectivity index (χ2n) is 1.73. The number of hydrogen-bond acceptors (Lipinski definition) is 3. The van der Waals surface area contributed by atoms with Gasteiger partial charge in [0.15, 0.2) is 5.95 Å². The normalized spacial score (nSPS) is 8.36. The molecule has 2 heterocycles. The first kappa shape index (κ1) is 7.33. The number of anilines is 1. The Morgan fingerprint density at radius 3 is 2.36 bits per heavy atom. The van der Waals surface area contributed by atoms with Crippen LogP contribution in [0.5, 0.6) is 0 Å². The van der Waals surface area contributed by atoms with Gasteiger partial charge in [-0.25, -0.2) is 9.97 Å². The standard InChI is InChI=1S/C3H5N3.C3H4N2/c4-3-5-1-2-6-3;1-2-5-3-4-1/h1-2H,(H3,4,5,6);1-3H,(H,4,5). The van der Waals surface area contributed by atoms with Crippen LogP contribution < -0.4 is 5.73 Å². The first-order valence-corrected chi connectivity index (χ1v) is 3.07. The molecule has 0 aliphatic rings. The molecule has 0 radical (unpaired) electrons. The summed E-state index contributed by atoms with van der Waals surface area (Å²) in [6, 6.07) is 0. The van der Waals surface area contributed by atoms with E-state index in [1.807, 2.05) is 0 Å². The Morgan fingerprint density at radius 2 is 2.18 bits per heavy atom. The molecule has 0 fully saturated rings. The van der Waals surface area contributed by atoms with Crippen molar-refractivity contribution in [2.75, 3.05) is 5.73 Å². The van der Waals surface area contributed by atoms with Crippen LogP contribution in [-0.2, 0) is 0 Å². The molecule has 0 aliphatic carbocycles. The maximum absolute atomic E-state index is 5.11. The summed E-state index contributed by atoms with van der Waals surface area (Å²) in [6.07, 6.45) is 8.37. The lowest BCUT2D eigenvalue weighted by Gasteiger charge is -1.70. The summed E-state index contributed by atoms with van der Waals surface area (Å²) in [5, 5.41) is 0. The molecule has 5 heteroatoms. The summed E-state index contributed by atoms with van der Waals surface area (Å²) in [6.45, 7) is 0. The Kier molecular flexibility index (Phi) is 2.73. The average molecular weight is 151 g/mol. The number of aromatic amines is 2. The fraction of sp³-hybridized carbons (Fsp3) is 0. The molecule has 4 N–H and O–H groups in total. The van der Waals surface area contributed by atoms with Crippen LogP contribution in [0.4, 0.5) is 5.95 Å². The van der Waals surface area contributed by atoms with Crippen molar-refractivity contribution >= 4 is 5.95 Å². The molecule has 5 nitrogen and oxygen atoms in total. The molecular weight excluding hydrogens is 142 g/mol. The van der Waals surface area contributed by atoms with E-state index in [4.69, 9.17) is 5.73 Å². The van der Waals surface area contributed by atoms with Crippen molar-refractivity contribution in [2.24, 2.45) is 0 Å². The number of hydrogen-bond donors (Lipinski definition) is 3. The molecule has 0 bridgehead atoms. The van der Waals surface area contributed by atoms with Crippen molar-refractivity contribution in [1.29, 1.82) is 0 Å². The van der Waals surface area contributed by atoms with Gasteiger partial charge < -0.3 is 15.7 Å². The van der Waals surface area contributed by atoms with Crippen LogP contribution in [0.25, 0.3) is 0 Å². The van der Waals surface area contributed by atoms with Crippen molar-refractivity contribution < 1.29 is 0 Å². The summed E-state index contributed by atoms with van der Waals surface area (Å²) >= 11 is 0. The van der Waals surface area contributed by atoms with E-state index in [0.717, 1.165) is 0 Å². The summed E-state index contributed by atoms with van der Waals surface area (Å²) in [5.41, 5.74) is 5.11. The van der Waals surface area contributed by atoms with Crippen LogP contribution in [-0.4, -0.2) is 19.9 Å². The lowest BCUT2D eigenvalue weighted by Crippen LogP contribution is -1.83. The molecule has 0 saturated heterocycles. The Morgan fingerprint density at radius 1 is 1.27 bits per heavy atom. The van der Waals surface area contributed by atoms with E-state index in [1.54, 1.807) is 31.1 Å². The van der Waals surface area contributed by atoms with Crippen LogP contribution in [0.2, 0.25) is 0 Å². The number of rotatable bonds is 0. The Hall–Kier alpha value is -1.78. The first-order chi connectivity index (χ1) is 5.39. The highest BCUT2D eigenvalue weighted by molar-refractivity contribution is 5.11. The Bertz CT molecular complexity index is 229. The minimum absolute atomic E-state index is 0.468. The Labute approximate surface area is 63.7 Å². The van der Waals surface area contributed by atoms with Gasteiger partial charge in [-0.15, -0.1) is 0 Å². The van der Waals surface area contributed by atoms with Crippen LogP contribution in [0.3, 0.4) is 0 Å².